The molecule has 0 unspecified atom stereocenters. The molecule has 0 aromatic carbocycles. The molecule has 2 N–H and O–H groups in total. The van der Waals surface area contributed by atoms with Crippen molar-refractivity contribution in [2.24, 2.45) is 5.73 Å². The maximum Gasteiger partial charge on any atom is 0.121 e. The van der Waals surface area contributed by atoms with Gasteiger partial charge in [0.1, 0.15) is 10.1 Å². The van der Waals surface area contributed by atoms with E-state index in [1.165, 1.54) is 35.9 Å². The molecule has 2 heterocycles. The van der Waals surface area contributed by atoms with Gasteiger partial charge in [-0.05, 0) is 60.7 Å². The van der Waals surface area contributed by atoms with Crippen LogP contribution in [0.4, 0.5) is 0 Å². The molecule has 0 fully saturated rings. The van der Waals surface area contributed by atoms with Crippen molar-refractivity contribution in [1.82, 2.24) is 9.97 Å². The zero-order valence-corrected chi connectivity index (χ0v) is 12.7. The van der Waals surface area contributed by atoms with Gasteiger partial charge in [-0.1, -0.05) is 17.7 Å². The molecule has 2 aromatic heterocycles. The Morgan fingerprint density at radius 1 is 1.25 bits per heavy atom. The normalized spacial score (nSPS) is 14.1. The van der Waals surface area contributed by atoms with Crippen LogP contribution in [0, 0.1) is 0 Å². The van der Waals surface area contributed by atoms with E-state index in [4.69, 9.17) is 22.3 Å². The van der Waals surface area contributed by atoms with Gasteiger partial charge in [0.25, 0.3) is 0 Å². The molecule has 0 atom stereocenters. The topological polar surface area (TPSA) is 51.8 Å². The average molecular weight is 306 g/mol. The lowest BCUT2D eigenvalue weighted by molar-refractivity contribution is 0.656. The van der Waals surface area contributed by atoms with Gasteiger partial charge in [-0.25, -0.2) is 9.97 Å². The second-order valence-electron chi connectivity index (χ2n) is 4.86. The molecule has 0 radical (unpaired) electrons. The van der Waals surface area contributed by atoms with Crippen LogP contribution >= 0.6 is 23.4 Å². The third-order valence-electron chi connectivity index (χ3n) is 3.48. The molecule has 2 aromatic rings. The van der Waals surface area contributed by atoms with Crippen molar-refractivity contribution in [2.75, 3.05) is 0 Å². The number of aromatic nitrogens is 2. The van der Waals surface area contributed by atoms with Crippen LogP contribution in [0.25, 0.3) is 0 Å². The molecule has 0 saturated heterocycles. The summed E-state index contributed by atoms with van der Waals surface area (Å²) >= 11 is 7.67. The Labute approximate surface area is 128 Å². The molecule has 0 spiro atoms. The summed E-state index contributed by atoms with van der Waals surface area (Å²) in [6.07, 6.45) is 6.39. The largest absolute Gasteiger partial charge is 0.326 e. The molecule has 1 aliphatic carbocycles. The molecule has 0 aliphatic heterocycles. The number of nitrogens with zero attached hydrogens (tertiary/aromatic N) is 2. The molecule has 0 bridgehead atoms. The fraction of sp³-hybridized carbons (Fsp3) is 0.333. The summed E-state index contributed by atoms with van der Waals surface area (Å²) in [6.45, 7) is 0.493. The number of nitrogens with two attached hydrogens (primary N) is 1. The van der Waals surface area contributed by atoms with Gasteiger partial charge in [0, 0.05) is 18.4 Å². The first-order valence-electron chi connectivity index (χ1n) is 6.78. The van der Waals surface area contributed by atoms with Gasteiger partial charge in [-0.2, -0.15) is 0 Å². The minimum Gasteiger partial charge on any atom is -0.326 e. The first-order chi connectivity index (χ1) is 9.78. The van der Waals surface area contributed by atoms with Gasteiger partial charge in [-0.3, -0.25) is 0 Å². The molecule has 0 amide bonds. The van der Waals surface area contributed by atoms with E-state index < -0.39 is 0 Å². The highest BCUT2D eigenvalue weighted by Gasteiger charge is 2.16. The van der Waals surface area contributed by atoms with Gasteiger partial charge in [-0.15, -0.1) is 0 Å². The van der Waals surface area contributed by atoms with Crippen molar-refractivity contribution in [2.45, 2.75) is 42.3 Å². The highest BCUT2D eigenvalue weighted by molar-refractivity contribution is 7.99. The van der Waals surface area contributed by atoms with Crippen molar-refractivity contribution < 1.29 is 0 Å². The van der Waals surface area contributed by atoms with Crippen LogP contribution < -0.4 is 5.73 Å². The Balaban J connectivity index is 1.98. The number of hydrogen-bond donors (Lipinski definition) is 1. The lowest BCUT2D eigenvalue weighted by Gasteiger charge is -2.18. The molecule has 20 heavy (non-hydrogen) atoms. The molecule has 104 valence electrons. The van der Waals surface area contributed by atoms with Crippen LogP contribution in [-0.2, 0) is 19.4 Å². The maximum absolute atomic E-state index is 6.17. The van der Waals surface area contributed by atoms with Crippen LogP contribution in [0.3, 0.4) is 0 Å². The molecule has 3 nitrogen and oxygen atoms in total. The van der Waals surface area contributed by atoms with Crippen LogP contribution in [0.5, 0.6) is 0 Å². The zero-order valence-electron chi connectivity index (χ0n) is 11.1. The average Bonchev–Trinajstić information content (AvgIpc) is 2.49. The fourth-order valence-corrected chi connectivity index (χ4v) is 3.56. The summed E-state index contributed by atoms with van der Waals surface area (Å²) in [5.74, 6) is 0. The maximum atomic E-state index is 6.17. The quantitative estimate of drug-likeness (QED) is 0.941. The van der Waals surface area contributed by atoms with E-state index in [0.29, 0.717) is 11.6 Å². The van der Waals surface area contributed by atoms with Gasteiger partial charge >= 0.3 is 0 Å². The summed E-state index contributed by atoms with van der Waals surface area (Å²) in [5, 5.41) is 2.38. The van der Waals surface area contributed by atoms with Crippen molar-refractivity contribution in [3.63, 3.8) is 0 Å². The Bertz CT molecular complexity index is 631. The minimum atomic E-state index is 0.493. The molecule has 3 rings (SSSR count). The predicted molar refractivity (Wildman–Crippen MR) is 82.1 cm³/mol. The predicted octanol–water partition coefficient (Wildman–Crippen LogP) is 3.62. The second-order valence-corrected chi connectivity index (χ2v) is 6.25. The Morgan fingerprint density at radius 3 is 2.90 bits per heavy atom. The highest BCUT2D eigenvalue weighted by atomic mass is 35.5. The number of fused-ring (bicyclic) bond motifs is 1. The van der Waals surface area contributed by atoms with E-state index in [1.807, 2.05) is 12.1 Å². The number of hydrogen-bond acceptors (Lipinski definition) is 4. The second kappa shape index (κ2) is 6.12. The smallest absolute Gasteiger partial charge is 0.121 e. The molecule has 5 heteroatoms. The summed E-state index contributed by atoms with van der Waals surface area (Å²) in [4.78, 5) is 9.12. The number of halogens is 1. The van der Waals surface area contributed by atoms with Crippen LogP contribution in [0.2, 0.25) is 5.02 Å². The van der Waals surface area contributed by atoms with Crippen LogP contribution in [-0.4, -0.2) is 9.97 Å². The number of pyridine rings is 2. The Morgan fingerprint density at radius 2 is 2.10 bits per heavy atom. The summed E-state index contributed by atoms with van der Waals surface area (Å²) in [7, 11) is 0. The lowest BCUT2D eigenvalue weighted by atomic mass is 9.95. The SMILES string of the molecule is NCc1cc2c(nc1Sc1ncccc1Cl)CCCC2. The first kappa shape index (κ1) is 13.9. The van der Waals surface area contributed by atoms with E-state index >= 15 is 0 Å². The zero-order chi connectivity index (χ0) is 13.9. The van der Waals surface area contributed by atoms with E-state index in [9.17, 15) is 0 Å². The van der Waals surface area contributed by atoms with E-state index in [-0.39, 0.29) is 0 Å². The molecule has 0 saturated carbocycles. The minimum absolute atomic E-state index is 0.493. The van der Waals surface area contributed by atoms with Crippen molar-refractivity contribution in [3.05, 3.63) is 46.2 Å². The van der Waals surface area contributed by atoms with Crippen molar-refractivity contribution in [1.29, 1.82) is 0 Å². The monoisotopic (exact) mass is 305 g/mol. The summed E-state index contributed by atoms with van der Waals surface area (Å²) in [6, 6.07) is 5.88. The van der Waals surface area contributed by atoms with Crippen molar-refractivity contribution in [3.8, 4) is 0 Å². The van der Waals surface area contributed by atoms with Gasteiger partial charge in [0.05, 0.1) is 5.02 Å². The summed E-state index contributed by atoms with van der Waals surface area (Å²) < 4.78 is 0. The Hall–Kier alpha value is -1.10. The van der Waals surface area contributed by atoms with E-state index in [1.54, 1.807) is 6.20 Å². The molecular weight excluding hydrogens is 290 g/mol. The number of aryl methyl sites for hydroxylation is 2. The fourth-order valence-electron chi connectivity index (χ4n) is 2.43. The molecule has 1 aliphatic rings. The Kier molecular flexibility index (Phi) is 4.24. The third kappa shape index (κ3) is 2.82. The van der Waals surface area contributed by atoms with E-state index in [2.05, 4.69) is 11.1 Å². The molecular formula is C15H16ClN3S. The summed E-state index contributed by atoms with van der Waals surface area (Å²) in [5.41, 5.74) is 9.52. The number of rotatable bonds is 3. The lowest BCUT2D eigenvalue weighted by Crippen LogP contribution is -2.10. The van der Waals surface area contributed by atoms with E-state index in [0.717, 1.165) is 28.5 Å². The van der Waals surface area contributed by atoms with Gasteiger partial charge < -0.3 is 5.73 Å². The third-order valence-corrected chi connectivity index (χ3v) is 4.96. The van der Waals surface area contributed by atoms with Gasteiger partial charge in [0.2, 0.25) is 0 Å². The van der Waals surface area contributed by atoms with Gasteiger partial charge in [0.15, 0.2) is 0 Å². The first-order valence-corrected chi connectivity index (χ1v) is 7.97. The van der Waals surface area contributed by atoms with Crippen LogP contribution in [0.15, 0.2) is 34.4 Å². The van der Waals surface area contributed by atoms with Crippen molar-refractivity contribution >= 4 is 23.4 Å². The highest BCUT2D eigenvalue weighted by Crippen LogP contribution is 2.34. The van der Waals surface area contributed by atoms with Crippen LogP contribution in [0.1, 0.15) is 29.7 Å². The standard InChI is InChI=1S/C15H16ClN3S/c16-12-5-3-7-18-15(12)20-14-11(9-17)8-10-4-1-2-6-13(10)19-14/h3,5,7-8H,1-2,4,6,9,17H2.